The molecular formula is C14H11NO2. The average molecular weight is 225 g/mol. The summed E-state index contributed by atoms with van der Waals surface area (Å²) >= 11 is 0. The van der Waals surface area contributed by atoms with E-state index in [0.717, 1.165) is 11.3 Å². The number of rotatable bonds is 0. The van der Waals surface area contributed by atoms with Crippen LogP contribution in [0.4, 0.5) is 5.69 Å². The lowest BCUT2D eigenvalue weighted by atomic mass is 9.87. The van der Waals surface area contributed by atoms with Gasteiger partial charge in [-0.25, -0.2) is 4.99 Å². The molecule has 0 N–H and O–H groups in total. The summed E-state index contributed by atoms with van der Waals surface area (Å²) < 4.78 is 5.67. The molecule has 0 saturated heterocycles. The number of carbonyl (C=O) groups excluding carboxylic acids is 1. The lowest BCUT2D eigenvalue weighted by Gasteiger charge is -2.26. The van der Waals surface area contributed by atoms with Gasteiger partial charge in [-0.2, -0.15) is 0 Å². The molecule has 0 aromatic heterocycles. The Morgan fingerprint density at radius 3 is 2.94 bits per heavy atom. The molecule has 3 nitrogen and oxygen atoms in total. The molecule has 0 bridgehead atoms. The SMILES string of the molecule is C=C1C2=Nc3ccccc3OC2=CC(=O)C1C. The maximum Gasteiger partial charge on any atom is 0.166 e. The van der Waals surface area contributed by atoms with Crippen LogP contribution in [0.25, 0.3) is 0 Å². The number of nitrogens with zero attached hydrogens (tertiary/aromatic N) is 1. The maximum absolute atomic E-state index is 11.7. The van der Waals surface area contributed by atoms with Gasteiger partial charge in [0.2, 0.25) is 0 Å². The van der Waals surface area contributed by atoms with Gasteiger partial charge in [-0.3, -0.25) is 4.79 Å². The van der Waals surface area contributed by atoms with Crippen LogP contribution in [0, 0.1) is 5.92 Å². The largest absolute Gasteiger partial charge is 0.453 e. The number of aliphatic imine (C=N–C) groups is 1. The molecule has 0 spiro atoms. The van der Waals surface area contributed by atoms with Crippen molar-refractivity contribution in [2.45, 2.75) is 6.92 Å². The first kappa shape index (κ1) is 10.0. The number of fused-ring (bicyclic) bond motifs is 2. The molecule has 1 heterocycles. The zero-order chi connectivity index (χ0) is 12.0. The molecule has 17 heavy (non-hydrogen) atoms. The second-order valence-electron chi connectivity index (χ2n) is 4.19. The van der Waals surface area contributed by atoms with Gasteiger partial charge >= 0.3 is 0 Å². The van der Waals surface area contributed by atoms with Crippen LogP contribution >= 0.6 is 0 Å². The number of ether oxygens (including phenoxy) is 1. The van der Waals surface area contributed by atoms with Crippen LogP contribution in [0.15, 0.2) is 53.2 Å². The molecule has 0 radical (unpaired) electrons. The van der Waals surface area contributed by atoms with E-state index in [9.17, 15) is 4.79 Å². The van der Waals surface area contributed by atoms with Gasteiger partial charge in [0.25, 0.3) is 0 Å². The van der Waals surface area contributed by atoms with Crippen molar-refractivity contribution in [3.63, 3.8) is 0 Å². The summed E-state index contributed by atoms with van der Waals surface area (Å²) in [5, 5.41) is 0. The van der Waals surface area contributed by atoms with Gasteiger partial charge in [-0.15, -0.1) is 0 Å². The summed E-state index contributed by atoms with van der Waals surface area (Å²) in [4.78, 5) is 16.2. The summed E-state index contributed by atoms with van der Waals surface area (Å²) in [6.07, 6.45) is 1.51. The van der Waals surface area contributed by atoms with E-state index in [-0.39, 0.29) is 11.7 Å². The van der Waals surface area contributed by atoms with Gasteiger partial charge in [0.1, 0.15) is 11.4 Å². The lowest BCUT2D eigenvalue weighted by molar-refractivity contribution is -0.116. The van der Waals surface area contributed by atoms with E-state index in [2.05, 4.69) is 11.6 Å². The molecule has 0 fully saturated rings. The van der Waals surface area contributed by atoms with E-state index < -0.39 is 0 Å². The van der Waals surface area contributed by atoms with E-state index in [1.54, 1.807) is 0 Å². The van der Waals surface area contributed by atoms with Crippen molar-refractivity contribution in [1.29, 1.82) is 0 Å². The van der Waals surface area contributed by atoms with Crippen molar-refractivity contribution in [2.24, 2.45) is 10.9 Å². The number of benzene rings is 1. The molecule has 1 atom stereocenters. The number of para-hydroxylation sites is 2. The first-order valence-corrected chi connectivity index (χ1v) is 5.47. The first-order valence-electron chi connectivity index (χ1n) is 5.47. The number of ketones is 1. The minimum Gasteiger partial charge on any atom is -0.453 e. The van der Waals surface area contributed by atoms with Crippen molar-refractivity contribution in [3.05, 3.63) is 48.3 Å². The molecule has 1 aromatic carbocycles. The van der Waals surface area contributed by atoms with Crippen molar-refractivity contribution < 1.29 is 9.53 Å². The average Bonchev–Trinajstić information content (AvgIpc) is 2.34. The van der Waals surface area contributed by atoms with Crippen molar-refractivity contribution >= 4 is 17.2 Å². The highest BCUT2D eigenvalue weighted by atomic mass is 16.5. The summed E-state index contributed by atoms with van der Waals surface area (Å²) in [6, 6.07) is 7.50. The van der Waals surface area contributed by atoms with Gasteiger partial charge in [0.05, 0.1) is 0 Å². The second kappa shape index (κ2) is 3.42. The quantitative estimate of drug-likeness (QED) is 0.681. The van der Waals surface area contributed by atoms with Crippen molar-refractivity contribution in [3.8, 4) is 5.75 Å². The van der Waals surface area contributed by atoms with Crippen LogP contribution in [0.3, 0.4) is 0 Å². The van der Waals surface area contributed by atoms with Gasteiger partial charge in [0, 0.05) is 12.0 Å². The van der Waals surface area contributed by atoms with Crippen LogP contribution in [-0.2, 0) is 4.79 Å². The third kappa shape index (κ3) is 1.43. The van der Waals surface area contributed by atoms with Gasteiger partial charge in [0.15, 0.2) is 17.3 Å². The molecule has 1 unspecified atom stereocenters. The Labute approximate surface area is 99.1 Å². The van der Waals surface area contributed by atoms with Crippen LogP contribution in [-0.4, -0.2) is 11.5 Å². The van der Waals surface area contributed by atoms with Crippen LogP contribution < -0.4 is 4.74 Å². The maximum atomic E-state index is 11.7. The molecule has 3 heteroatoms. The standard InChI is InChI=1S/C14H11NO2/c1-8-9(2)14-13(7-11(8)16)17-12-6-4-3-5-10(12)15-14/h3-8H,2H2,1H3. The Morgan fingerprint density at radius 2 is 2.12 bits per heavy atom. The molecule has 84 valence electrons. The number of hydrogen-bond acceptors (Lipinski definition) is 3. The Kier molecular flexibility index (Phi) is 2.01. The number of carbonyl (C=O) groups is 1. The summed E-state index contributed by atoms with van der Waals surface area (Å²) in [6.45, 7) is 5.76. The third-order valence-corrected chi connectivity index (χ3v) is 3.08. The second-order valence-corrected chi connectivity index (χ2v) is 4.19. The molecule has 3 rings (SSSR count). The fraction of sp³-hybridized carbons (Fsp3) is 0.143. The van der Waals surface area contributed by atoms with Crippen LogP contribution in [0.5, 0.6) is 5.75 Å². The van der Waals surface area contributed by atoms with Gasteiger partial charge in [-0.05, 0) is 17.7 Å². The monoisotopic (exact) mass is 225 g/mol. The highest BCUT2D eigenvalue weighted by molar-refractivity contribution is 6.22. The van der Waals surface area contributed by atoms with Gasteiger partial charge < -0.3 is 4.74 Å². The molecular weight excluding hydrogens is 214 g/mol. The minimum atomic E-state index is -0.216. The predicted molar refractivity (Wildman–Crippen MR) is 65.6 cm³/mol. The van der Waals surface area contributed by atoms with Crippen molar-refractivity contribution in [2.75, 3.05) is 0 Å². The third-order valence-electron chi connectivity index (χ3n) is 3.08. The van der Waals surface area contributed by atoms with Crippen molar-refractivity contribution in [1.82, 2.24) is 0 Å². The topological polar surface area (TPSA) is 38.7 Å². The van der Waals surface area contributed by atoms with E-state index in [0.29, 0.717) is 17.2 Å². The summed E-state index contributed by atoms with van der Waals surface area (Å²) in [5.41, 5.74) is 2.19. The molecule has 0 saturated carbocycles. The number of allylic oxidation sites excluding steroid dienone is 2. The first-order chi connectivity index (χ1) is 8.16. The Bertz CT molecular complexity index is 596. The Morgan fingerprint density at radius 1 is 1.35 bits per heavy atom. The van der Waals surface area contributed by atoms with E-state index >= 15 is 0 Å². The van der Waals surface area contributed by atoms with Crippen LogP contribution in [0.2, 0.25) is 0 Å². The highest BCUT2D eigenvalue weighted by Gasteiger charge is 2.31. The Hall–Kier alpha value is -2.16. The zero-order valence-corrected chi connectivity index (χ0v) is 9.43. The molecule has 1 aliphatic heterocycles. The van der Waals surface area contributed by atoms with E-state index in [1.807, 2.05) is 31.2 Å². The zero-order valence-electron chi connectivity index (χ0n) is 9.43. The minimum absolute atomic E-state index is 0.0170. The fourth-order valence-corrected chi connectivity index (χ4v) is 1.94. The summed E-state index contributed by atoms with van der Waals surface area (Å²) in [5.74, 6) is 0.990. The van der Waals surface area contributed by atoms with Crippen LogP contribution in [0.1, 0.15) is 6.92 Å². The molecule has 0 amide bonds. The smallest absolute Gasteiger partial charge is 0.166 e. The molecule has 2 aliphatic rings. The van der Waals surface area contributed by atoms with Gasteiger partial charge in [-0.1, -0.05) is 25.6 Å². The Balaban J connectivity index is 2.19. The summed E-state index contributed by atoms with van der Waals surface area (Å²) in [7, 11) is 0. The number of hydrogen-bond donors (Lipinski definition) is 0. The van der Waals surface area contributed by atoms with E-state index in [1.165, 1.54) is 6.08 Å². The predicted octanol–water partition coefficient (Wildman–Crippen LogP) is 2.81. The highest BCUT2D eigenvalue weighted by Crippen LogP contribution is 2.37. The molecule has 1 aromatic rings. The fourth-order valence-electron chi connectivity index (χ4n) is 1.94. The van der Waals surface area contributed by atoms with E-state index in [4.69, 9.17) is 4.74 Å². The normalized spacial score (nSPS) is 22.1. The lowest BCUT2D eigenvalue weighted by Crippen LogP contribution is -2.28. The molecule has 1 aliphatic carbocycles.